The van der Waals surface area contributed by atoms with Crippen molar-refractivity contribution in [3.63, 3.8) is 0 Å². The number of ether oxygens (including phenoxy) is 1. The predicted octanol–water partition coefficient (Wildman–Crippen LogP) is 5.73. The summed E-state index contributed by atoms with van der Waals surface area (Å²) in [4.78, 5) is 7.48. The van der Waals surface area contributed by atoms with Crippen LogP contribution < -0.4 is 10.1 Å². The first-order chi connectivity index (χ1) is 18.9. The second-order valence-electron chi connectivity index (χ2n) is 6.62. The predicted molar refractivity (Wildman–Crippen MR) is 117 cm³/mol. The molecule has 2 aromatic carbocycles. The number of aromatic nitrogens is 2. The maximum atomic E-state index is 8.96. The Labute approximate surface area is 192 Å². The summed E-state index contributed by atoms with van der Waals surface area (Å²) in [5.41, 5.74) is -1.29. The average molecular weight is 414 g/mol. The number of nitrogens with zero attached hydrogens (tertiary/aromatic N) is 3. The monoisotopic (exact) mass is 413 g/mol. The summed E-state index contributed by atoms with van der Waals surface area (Å²) >= 11 is 0. The van der Waals surface area contributed by atoms with E-state index in [0.29, 0.717) is 0 Å². The fourth-order valence-electron chi connectivity index (χ4n) is 2.88. The number of rotatable bonds is 7. The molecule has 0 amide bonds. The first kappa shape index (κ1) is 10.7. The van der Waals surface area contributed by atoms with E-state index < -0.39 is 73.6 Å². The molecule has 1 atom stereocenters. The Kier molecular flexibility index (Phi) is 3.11. The zero-order valence-corrected chi connectivity index (χ0v) is 16.6. The van der Waals surface area contributed by atoms with Gasteiger partial charge in [0.05, 0.1) is 20.9 Å². The lowest BCUT2D eigenvalue weighted by Gasteiger charge is -2.13. The maximum Gasteiger partial charge on any atom is 0.256 e. The van der Waals surface area contributed by atoms with Crippen molar-refractivity contribution in [2.45, 2.75) is 52.1 Å². The zero-order chi connectivity index (χ0) is 30.8. The third-order valence-corrected chi connectivity index (χ3v) is 4.15. The van der Waals surface area contributed by atoms with Crippen LogP contribution in [0.4, 0.5) is 5.69 Å². The molecule has 0 spiro atoms. The summed E-state index contributed by atoms with van der Waals surface area (Å²) in [7, 11) is 0. The first-order valence-corrected chi connectivity index (χ1v) is 9.37. The highest BCUT2D eigenvalue weighted by Crippen LogP contribution is 2.38. The quantitative estimate of drug-likeness (QED) is 0.501. The van der Waals surface area contributed by atoms with Crippen LogP contribution in [0.3, 0.4) is 0 Å². The van der Waals surface area contributed by atoms with Gasteiger partial charge >= 0.3 is 0 Å². The fraction of sp³-hybridized carbons (Fsp3) is 0.375. The Bertz CT molecular complexity index is 1600. The molecule has 30 heavy (non-hydrogen) atoms. The number of benzene rings is 2. The highest BCUT2D eigenvalue weighted by molar-refractivity contribution is 5.70. The molecule has 0 radical (unpaired) electrons. The summed E-state index contributed by atoms with van der Waals surface area (Å²) in [6.45, 7) is 10.1. The Morgan fingerprint density at radius 3 is 3.10 bits per heavy atom. The molecule has 4 rings (SSSR count). The highest BCUT2D eigenvalue weighted by Gasteiger charge is 2.26. The van der Waals surface area contributed by atoms with Crippen molar-refractivity contribution in [1.29, 1.82) is 0 Å². The molecular formula is C24H26N4O2. The minimum Gasteiger partial charge on any atom is -0.502 e. The molecule has 1 N–H and O–H groups in total. The van der Waals surface area contributed by atoms with E-state index in [4.69, 9.17) is 30.9 Å². The summed E-state index contributed by atoms with van der Waals surface area (Å²) in [5.74, 6) is -1.04. The Morgan fingerprint density at radius 2 is 2.33 bits per heavy atom. The van der Waals surface area contributed by atoms with Gasteiger partial charge in [-0.25, -0.2) is 4.85 Å². The van der Waals surface area contributed by atoms with Gasteiger partial charge in [-0.15, -0.1) is 0 Å². The van der Waals surface area contributed by atoms with Gasteiger partial charge < -0.3 is 14.6 Å². The Hall–Kier alpha value is -3.17. The van der Waals surface area contributed by atoms with E-state index in [0.717, 1.165) is 0 Å². The van der Waals surface area contributed by atoms with Crippen LogP contribution in [0.25, 0.3) is 27.7 Å². The largest absolute Gasteiger partial charge is 0.502 e. The molecule has 3 aromatic rings. The number of hydrogen-bond donors (Lipinski definition) is 1. The van der Waals surface area contributed by atoms with Gasteiger partial charge in [0, 0.05) is 24.0 Å². The second kappa shape index (κ2) is 8.68. The van der Waals surface area contributed by atoms with Gasteiger partial charge in [0.1, 0.15) is 5.75 Å². The highest BCUT2D eigenvalue weighted by atomic mass is 16.5. The van der Waals surface area contributed by atoms with Crippen molar-refractivity contribution in [2.75, 3.05) is 6.50 Å². The number of nitrogens with one attached hydrogen (secondary N) is 1. The van der Waals surface area contributed by atoms with E-state index >= 15 is 0 Å². The summed E-state index contributed by atoms with van der Waals surface area (Å²) < 4.78 is 104. The lowest BCUT2D eigenvalue weighted by molar-refractivity contribution is 0.244. The molecule has 1 aliphatic carbocycles. The van der Waals surface area contributed by atoms with Crippen molar-refractivity contribution < 1.29 is 24.3 Å². The van der Waals surface area contributed by atoms with Gasteiger partial charge in [-0.05, 0) is 68.8 Å². The van der Waals surface area contributed by atoms with Crippen LogP contribution in [0.5, 0.6) is 5.75 Å². The molecule has 1 aliphatic rings. The van der Waals surface area contributed by atoms with Gasteiger partial charge in [0.15, 0.2) is 0 Å². The molecule has 0 saturated carbocycles. The Balaban J connectivity index is 1.96. The van der Waals surface area contributed by atoms with Gasteiger partial charge in [-0.3, -0.25) is 0 Å². The van der Waals surface area contributed by atoms with E-state index in [1.165, 1.54) is 6.92 Å². The molecular weight excluding hydrogens is 376 g/mol. The maximum absolute atomic E-state index is 8.96. The van der Waals surface area contributed by atoms with Crippen molar-refractivity contribution in [3.05, 3.63) is 58.8 Å². The van der Waals surface area contributed by atoms with Crippen LogP contribution in [0.1, 0.15) is 65.8 Å². The Morgan fingerprint density at radius 1 is 1.47 bits per heavy atom. The number of hydrogen-bond acceptors (Lipinski definition) is 5. The minimum atomic E-state index is -2.50. The van der Waals surface area contributed by atoms with Crippen molar-refractivity contribution in [1.82, 2.24) is 15.5 Å². The van der Waals surface area contributed by atoms with E-state index in [2.05, 4.69) is 20.3 Å². The van der Waals surface area contributed by atoms with Gasteiger partial charge in [-0.2, -0.15) is 4.98 Å². The second-order valence-corrected chi connectivity index (χ2v) is 6.62. The van der Waals surface area contributed by atoms with Crippen LogP contribution >= 0.6 is 0 Å². The van der Waals surface area contributed by atoms with Crippen LogP contribution in [0.15, 0.2) is 40.8 Å². The third-order valence-electron chi connectivity index (χ3n) is 4.15. The lowest BCUT2D eigenvalue weighted by Crippen LogP contribution is -2.19. The van der Waals surface area contributed by atoms with Crippen molar-refractivity contribution in [3.8, 4) is 28.6 Å². The summed E-state index contributed by atoms with van der Waals surface area (Å²) in [5, 5.41) is 6.19. The van der Waals surface area contributed by atoms with E-state index in [-0.39, 0.29) is 45.9 Å². The van der Waals surface area contributed by atoms with Crippen molar-refractivity contribution in [2.24, 2.45) is 0 Å². The summed E-state index contributed by atoms with van der Waals surface area (Å²) in [6.07, 6.45) is -3.57. The topological polar surface area (TPSA) is 64.5 Å². The molecule has 0 saturated heterocycles. The normalized spacial score (nSPS) is 25.1. The SMILES string of the molecule is [2H]c1c([2H])c(-c2noc(-c3c([2H])c([2H])c(OC(C)C)c([N+]#[C-])c3[2H])n2)c2c(c1[2H])[C@@]([2H])(NC([2H])([2H])CC)C([2H])([2H])C2. The third kappa shape index (κ3) is 3.94. The first-order valence-electron chi connectivity index (χ1n) is 14.9. The zero-order valence-electron chi connectivity index (χ0n) is 27.6. The van der Waals surface area contributed by atoms with Crippen LogP contribution in [0.2, 0.25) is 0 Å². The fourth-order valence-corrected chi connectivity index (χ4v) is 2.88. The minimum absolute atomic E-state index is 0.0522. The molecule has 0 fully saturated rings. The smallest absolute Gasteiger partial charge is 0.256 e. The molecule has 0 unspecified atom stereocenters. The number of fused-ring (bicyclic) bond motifs is 1. The molecule has 1 heterocycles. The molecule has 1 aromatic heterocycles. The lowest BCUT2D eigenvalue weighted by atomic mass is 10.0. The van der Waals surface area contributed by atoms with E-state index in [9.17, 15) is 0 Å². The molecule has 6 nitrogen and oxygen atoms in total. The average Bonchev–Trinajstić information content (AvgIpc) is 3.41. The van der Waals surface area contributed by atoms with Crippen LogP contribution in [-0.2, 0) is 6.42 Å². The van der Waals surface area contributed by atoms with E-state index in [1.54, 1.807) is 13.8 Å². The van der Waals surface area contributed by atoms with Gasteiger partial charge in [-0.1, -0.05) is 30.2 Å². The standard InChI is InChI=1S/C24H26N4O2/c1-5-13-26-20-11-10-17-18(20)7-6-8-19(17)23-27-24(30-28-23)16-9-12-22(29-15(2)3)21(14-16)25-4/h6-9,12,14-15,20,26H,5,10-11,13H2,1-3H3/t20-/m0/s1/i6D,7D,8D,9D,11D2,12D,13D2,14D,20D. The molecule has 0 aliphatic heterocycles. The van der Waals surface area contributed by atoms with E-state index in [1.807, 2.05) is 0 Å². The molecule has 6 heteroatoms. The van der Waals surface area contributed by atoms with Crippen LogP contribution in [0, 0.1) is 6.57 Å². The molecule has 0 bridgehead atoms. The van der Waals surface area contributed by atoms with Crippen molar-refractivity contribution >= 4 is 5.69 Å². The van der Waals surface area contributed by atoms with Gasteiger partial charge in [0.25, 0.3) is 5.89 Å². The van der Waals surface area contributed by atoms with Crippen LogP contribution in [-0.4, -0.2) is 22.7 Å². The summed E-state index contributed by atoms with van der Waals surface area (Å²) in [6, 6.07) is -5.84. The van der Waals surface area contributed by atoms with Gasteiger partial charge in [0.2, 0.25) is 11.5 Å². The molecule has 154 valence electrons.